The second-order valence-corrected chi connectivity index (χ2v) is 5.47. The molecule has 0 aliphatic heterocycles. The van der Waals surface area contributed by atoms with Crippen LogP contribution in [-0.2, 0) is 6.54 Å². The molecule has 0 aliphatic rings. The Morgan fingerprint density at radius 2 is 2.20 bits per heavy atom. The molecule has 2 aromatic heterocycles. The highest BCUT2D eigenvalue weighted by molar-refractivity contribution is 7.07. The maximum absolute atomic E-state index is 12.0. The van der Waals surface area contributed by atoms with Crippen LogP contribution in [0.25, 0.3) is 10.9 Å². The zero-order chi connectivity index (χ0) is 13.9. The van der Waals surface area contributed by atoms with E-state index in [9.17, 15) is 4.79 Å². The zero-order valence-electron chi connectivity index (χ0n) is 11.1. The fourth-order valence-electron chi connectivity index (χ4n) is 2.11. The van der Waals surface area contributed by atoms with Crippen LogP contribution < -0.4 is 10.9 Å². The first kappa shape index (κ1) is 13.0. The van der Waals surface area contributed by atoms with E-state index >= 15 is 0 Å². The van der Waals surface area contributed by atoms with E-state index in [4.69, 9.17) is 0 Å². The van der Waals surface area contributed by atoms with Crippen molar-refractivity contribution in [1.29, 1.82) is 0 Å². The van der Waals surface area contributed by atoms with Crippen molar-refractivity contribution < 1.29 is 0 Å². The second-order valence-electron chi connectivity index (χ2n) is 4.69. The number of rotatable bonds is 4. The van der Waals surface area contributed by atoms with Gasteiger partial charge in [-0.15, -0.1) is 0 Å². The number of para-hydroxylation sites is 1. The maximum atomic E-state index is 12.0. The lowest BCUT2D eigenvalue weighted by Gasteiger charge is -2.12. The molecule has 5 heteroatoms. The Morgan fingerprint density at radius 3 is 3.00 bits per heavy atom. The highest BCUT2D eigenvalue weighted by Crippen LogP contribution is 2.15. The number of aromatic amines is 1. The highest BCUT2D eigenvalue weighted by atomic mass is 32.1. The molecular formula is C15H15N3OS. The summed E-state index contributed by atoms with van der Waals surface area (Å²) < 4.78 is 0. The lowest BCUT2D eigenvalue weighted by Crippen LogP contribution is -2.22. The van der Waals surface area contributed by atoms with Crippen LogP contribution in [0.4, 0.5) is 0 Å². The van der Waals surface area contributed by atoms with Crippen LogP contribution in [0, 0.1) is 0 Å². The van der Waals surface area contributed by atoms with Gasteiger partial charge in [-0.25, -0.2) is 4.98 Å². The van der Waals surface area contributed by atoms with Crippen molar-refractivity contribution in [3.05, 3.63) is 62.8 Å². The van der Waals surface area contributed by atoms with Gasteiger partial charge in [-0.1, -0.05) is 12.1 Å². The number of thiophene rings is 1. The lowest BCUT2D eigenvalue weighted by molar-refractivity contribution is 0.561. The monoisotopic (exact) mass is 285 g/mol. The summed E-state index contributed by atoms with van der Waals surface area (Å²) in [5.41, 5.74) is 1.89. The smallest absolute Gasteiger partial charge is 0.258 e. The summed E-state index contributed by atoms with van der Waals surface area (Å²) in [6, 6.07) is 9.70. The van der Waals surface area contributed by atoms with Crippen molar-refractivity contribution in [1.82, 2.24) is 15.3 Å². The van der Waals surface area contributed by atoms with Gasteiger partial charge < -0.3 is 10.3 Å². The lowest BCUT2D eigenvalue weighted by atomic mass is 10.2. The van der Waals surface area contributed by atoms with Crippen molar-refractivity contribution in [2.24, 2.45) is 0 Å². The quantitative estimate of drug-likeness (QED) is 0.775. The van der Waals surface area contributed by atoms with E-state index in [0.717, 1.165) is 5.52 Å². The van der Waals surface area contributed by atoms with Gasteiger partial charge in [-0.05, 0) is 41.4 Å². The molecule has 0 amide bonds. The first-order valence-electron chi connectivity index (χ1n) is 6.47. The Bertz CT molecular complexity index is 764. The number of aromatic nitrogens is 2. The fourth-order valence-corrected chi connectivity index (χ4v) is 2.86. The number of nitrogens with zero attached hydrogens (tertiary/aromatic N) is 1. The third-order valence-corrected chi connectivity index (χ3v) is 3.98. The average molecular weight is 285 g/mol. The number of hydrogen-bond donors (Lipinski definition) is 2. The molecule has 2 heterocycles. The van der Waals surface area contributed by atoms with Gasteiger partial charge in [0.1, 0.15) is 5.82 Å². The fraction of sp³-hybridized carbons (Fsp3) is 0.200. The molecule has 3 aromatic rings. The topological polar surface area (TPSA) is 57.8 Å². The van der Waals surface area contributed by atoms with Gasteiger partial charge in [0, 0.05) is 6.04 Å². The molecule has 0 spiro atoms. The van der Waals surface area contributed by atoms with Gasteiger partial charge in [0.15, 0.2) is 0 Å². The van der Waals surface area contributed by atoms with Crippen molar-refractivity contribution in [2.45, 2.75) is 19.5 Å². The Kier molecular flexibility index (Phi) is 3.62. The van der Waals surface area contributed by atoms with Crippen molar-refractivity contribution >= 4 is 22.2 Å². The molecule has 0 radical (unpaired) electrons. The predicted octanol–water partition coefficient (Wildman–Crippen LogP) is 2.84. The Balaban J connectivity index is 1.80. The van der Waals surface area contributed by atoms with Crippen LogP contribution in [-0.4, -0.2) is 9.97 Å². The molecular weight excluding hydrogens is 270 g/mol. The van der Waals surface area contributed by atoms with Crippen molar-refractivity contribution in [2.75, 3.05) is 0 Å². The van der Waals surface area contributed by atoms with Crippen LogP contribution >= 0.6 is 11.3 Å². The average Bonchev–Trinajstić information content (AvgIpc) is 2.99. The largest absolute Gasteiger partial charge is 0.309 e. The summed E-state index contributed by atoms with van der Waals surface area (Å²) in [5.74, 6) is 0.663. The van der Waals surface area contributed by atoms with Gasteiger partial charge >= 0.3 is 0 Å². The first-order chi connectivity index (χ1) is 9.74. The van der Waals surface area contributed by atoms with Gasteiger partial charge in [-0.3, -0.25) is 4.79 Å². The third-order valence-electron chi connectivity index (χ3n) is 3.28. The summed E-state index contributed by atoms with van der Waals surface area (Å²) in [4.78, 5) is 19.2. The second kappa shape index (κ2) is 5.56. The van der Waals surface area contributed by atoms with Gasteiger partial charge in [-0.2, -0.15) is 11.3 Å². The van der Waals surface area contributed by atoms with Crippen molar-refractivity contribution in [3.63, 3.8) is 0 Å². The molecule has 1 atom stereocenters. The summed E-state index contributed by atoms with van der Waals surface area (Å²) in [6.07, 6.45) is 0. The zero-order valence-corrected chi connectivity index (χ0v) is 11.9. The molecule has 102 valence electrons. The summed E-state index contributed by atoms with van der Waals surface area (Å²) >= 11 is 1.68. The molecule has 0 fully saturated rings. The van der Waals surface area contributed by atoms with E-state index in [1.165, 1.54) is 5.56 Å². The normalized spacial score (nSPS) is 12.7. The number of hydrogen-bond acceptors (Lipinski definition) is 4. The van der Waals surface area contributed by atoms with Crippen molar-refractivity contribution in [3.8, 4) is 0 Å². The third kappa shape index (κ3) is 2.64. The minimum absolute atomic E-state index is 0.0874. The van der Waals surface area contributed by atoms with Crippen LogP contribution in [0.2, 0.25) is 0 Å². The van der Waals surface area contributed by atoms with E-state index in [2.05, 4.69) is 39.0 Å². The van der Waals surface area contributed by atoms with E-state index in [1.807, 2.05) is 18.2 Å². The minimum atomic E-state index is -0.0874. The Labute approximate surface area is 120 Å². The summed E-state index contributed by atoms with van der Waals surface area (Å²) in [6.45, 7) is 2.64. The highest BCUT2D eigenvalue weighted by Gasteiger charge is 2.07. The molecule has 0 bridgehead atoms. The van der Waals surface area contributed by atoms with E-state index < -0.39 is 0 Å². The van der Waals surface area contributed by atoms with Gasteiger partial charge in [0.05, 0.1) is 17.4 Å². The van der Waals surface area contributed by atoms with Crippen LogP contribution in [0.5, 0.6) is 0 Å². The number of benzene rings is 1. The molecule has 0 saturated heterocycles. The number of nitrogens with one attached hydrogen (secondary N) is 2. The number of fused-ring (bicyclic) bond motifs is 1. The van der Waals surface area contributed by atoms with Crippen LogP contribution in [0.3, 0.4) is 0 Å². The van der Waals surface area contributed by atoms with Gasteiger partial charge in [0.25, 0.3) is 5.56 Å². The number of H-pyrrole nitrogens is 1. The Hall–Kier alpha value is -1.98. The predicted molar refractivity (Wildman–Crippen MR) is 81.9 cm³/mol. The Morgan fingerprint density at radius 1 is 1.35 bits per heavy atom. The SMILES string of the molecule is CC(NCc1nc2ccccc2c(=O)[nH]1)c1ccsc1. The van der Waals surface area contributed by atoms with Crippen LogP contribution in [0.15, 0.2) is 45.9 Å². The molecule has 1 unspecified atom stereocenters. The van der Waals surface area contributed by atoms with E-state index in [1.54, 1.807) is 17.4 Å². The standard InChI is InChI=1S/C15H15N3OS/c1-10(11-6-7-20-9-11)16-8-14-17-13-5-3-2-4-12(13)15(19)18-14/h2-7,9-10,16H,8H2,1H3,(H,17,18,19). The molecule has 2 N–H and O–H groups in total. The molecule has 20 heavy (non-hydrogen) atoms. The van der Waals surface area contributed by atoms with E-state index in [-0.39, 0.29) is 11.6 Å². The summed E-state index contributed by atoms with van der Waals surface area (Å²) in [7, 11) is 0. The summed E-state index contributed by atoms with van der Waals surface area (Å²) in [5, 5.41) is 8.17. The molecule has 3 rings (SSSR count). The molecule has 4 nitrogen and oxygen atoms in total. The minimum Gasteiger partial charge on any atom is -0.309 e. The van der Waals surface area contributed by atoms with Crippen LogP contribution in [0.1, 0.15) is 24.4 Å². The molecule has 0 aliphatic carbocycles. The molecule has 0 saturated carbocycles. The van der Waals surface area contributed by atoms with E-state index in [0.29, 0.717) is 17.8 Å². The first-order valence-corrected chi connectivity index (χ1v) is 7.42. The molecule has 1 aromatic carbocycles. The van der Waals surface area contributed by atoms with Gasteiger partial charge in [0.2, 0.25) is 0 Å². The maximum Gasteiger partial charge on any atom is 0.258 e.